The minimum Gasteiger partial charge on any atom is -0.382 e. The van der Waals surface area contributed by atoms with E-state index in [2.05, 4.69) is 20.3 Å². The van der Waals surface area contributed by atoms with Crippen molar-refractivity contribution in [2.75, 3.05) is 5.32 Å². The van der Waals surface area contributed by atoms with Crippen LogP contribution in [0.3, 0.4) is 0 Å². The fourth-order valence-electron chi connectivity index (χ4n) is 4.16. The monoisotopic (exact) mass is 377 g/mol. The zero-order valence-electron chi connectivity index (χ0n) is 15.1. The van der Waals surface area contributed by atoms with Gasteiger partial charge in [0.15, 0.2) is 0 Å². The fraction of sp³-hybridized carbons (Fsp3) is 0.579. The molecule has 4 rings (SSSR count). The van der Waals surface area contributed by atoms with Gasteiger partial charge in [-0.1, -0.05) is 0 Å². The summed E-state index contributed by atoms with van der Waals surface area (Å²) in [5.41, 5.74) is 8.40. The van der Waals surface area contributed by atoms with Gasteiger partial charge >= 0.3 is 0 Å². The van der Waals surface area contributed by atoms with Crippen molar-refractivity contribution in [2.24, 2.45) is 11.7 Å². The Kier molecular flexibility index (Phi) is 4.99. The predicted molar refractivity (Wildman–Crippen MR) is 100 cm³/mol. The third kappa shape index (κ3) is 3.76. The van der Waals surface area contributed by atoms with Gasteiger partial charge in [-0.3, -0.25) is 4.79 Å². The van der Waals surface area contributed by atoms with Crippen LogP contribution in [0.15, 0.2) is 17.1 Å². The molecule has 0 radical (unpaired) electrons. The number of rotatable bonds is 4. The summed E-state index contributed by atoms with van der Waals surface area (Å²) in [5.74, 6) is -0.198. The summed E-state index contributed by atoms with van der Waals surface area (Å²) in [6, 6.07) is 2.34. The van der Waals surface area contributed by atoms with Crippen LogP contribution < -0.4 is 16.6 Å². The number of nitrogens with zero attached hydrogens (tertiary/aromatic N) is 1. The number of pyridine rings is 1. The normalized spacial score (nSPS) is 25.4. The van der Waals surface area contributed by atoms with Gasteiger partial charge in [-0.05, 0) is 51.0 Å². The van der Waals surface area contributed by atoms with Crippen molar-refractivity contribution >= 4 is 5.69 Å². The number of aromatic nitrogens is 3. The molecule has 27 heavy (non-hydrogen) atoms. The van der Waals surface area contributed by atoms with Crippen LogP contribution in [-0.4, -0.2) is 33.5 Å². The van der Waals surface area contributed by atoms with Crippen LogP contribution >= 0.6 is 0 Å². The zero-order chi connectivity index (χ0) is 19.0. The molecule has 5 N–H and O–H groups in total. The lowest BCUT2D eigenvalue weighted by Crippen LogP contribution is -2.33. The number of aromatic amines is 2. The molecule has 2 heterocycles. The first-order valence-corrected chi connectivity index (χ1v) is 9.61. The van der Waals surface area contributed by atoms with Gasteiger partial charge in [0.1, 0.15) is 11.4 Å². The maximum absolute atomic E-state index is 13.1. The molecular formula is C19H25F2N5O. The molecule has 8 heteroatoms. The highest BCUT2D eigenvalue weighted by molar-refractivity contribution is 5.73. The van der Waals surface area contributed by atoms with Gasteiger partial charge in [0.05, 0.1) is 11.4 Å². The van der Waals surface area contributed by atoms with Gasteiger partial charge in [0.25, 0.3) is 5.56 Å². The van der Waals surface area contributed by atoms with E-state index in [1.165, 1.54) is 0 Å². The van der Waals surface area contributed by atoms with Gasteiger partial charge in [-0.2, -0.15) is 0 Å². The van der Waals surface area contributed by atoms with E-state index in [1.54, 1.807) is 6.20 Å². The molecule has 0 aromatic carbocycles. The van der Waals surface area contributed by atoms with Gasteiger partial charge in [0, 0.05) is 29.9 Å². The van der Waals surface area contributed by atoms with Crippen molar-refractivity contribution in [3.05, 3.63) is 34.0 Å². The molecule has 0 bridgehead atoms. The highest BCUT2D eigenvalue weighted by atomic mass is 19.3. The average molecular weight is 377 g/mol. The number of halogens is 2. The lowest BCUT2D eigenvalue weighted by Gasteiger charge is -2.28. The van der Waals surface area contributed by atoms with Gasteiger partial charge in [-0.25, -0.2) is 13.8 Å². The van der Waals surface area contributed by atoms with Crippen LogP contribution in [0.4, 0.5) is 14.5 Å². The molecule has 1 atom stereocenters. The molecule has 1 fully saturated rings. The molecule has 0 saturated heterocycles. The van der Waals surface area contributed by atoms with Crippen molar-refractivity contribution in [3.63, 3.8) is 0 Å². The highest BCUT2D eigenvalue weighted by Crippen LogP contribution is 2.32. The number of aryl methyl sites for hydroxylation is 1. The molecule has 6 nitrogen and oxygen atoms in total. The molecule has 0 amide bonds. The van der Waals surface area contributed by atoms with Gasteiger partial charge in [-0.15, -0.1) is 0 Å². The van der Waals surface area contributed by atoms with E-state index < -0.39 is 12.3 Å². The summed E-state index contributed by atoms with van der Waals surface area (Å²) in [6.07, 6.45) is 4.31. The van der Waals surface area contributed by atoms with Crippen LogP contribution in [0.1, 0.15) is 43.5 Å². The summed E-state index contributed by atoms with van der Waals surface area (Å²) in [6.45, 7) is 0. The maximum Gasteiger partial charge on any atom is 0.261 e. The summed E-state index contributed by atoms with van der Waals surface area (Å²) >= 11 is 0. The molecule has 2 aromatic heterocycles. The van der Waals surface area contributed by atoms with Gasteiger partial charge < -0.3 is 21.0 Å². The number of imidazole rings is 1. The first-order chi connectivity index (χ1) is 13.0. The van der Waals surface area contributed by atoms with E-state index in [9.17, 15) is 13.6 Å². The second kappa shape index (κ2) is 7.42. The zero-order valence-corrected chi connectivity index (χ0v) is 15.1. The van der Waals surface area contributed by atoms with E-state index >= 15 is 0 Å². The molecule has 2 aliphatic carbocycles. The van der Waals surface area contributed by atoms with E-state index in [-0.39, 0.29) is 24.1 Å². The Bertz CT molecular complexity index is 854. The van der Waals surface area contributed by atoms with E-state index in [1.807, 2.05) is 6.07 Å². The van der Waals surface area contributed by atoms with E-state index in [0.29, 0.717) is 24.2 Å². The predicted octanol–water partition coefficient (Wildman–Crippen LogP) is 2.82. The molecule has 146 valence electrons. The number of anilines is 1. The molecule has 0 spiro atoms. The first-order valence-electron chi connectivity index (χ1n) is 9.61. The summed E-state index contributed by atoms with van der Waals surface area (Å²) in [7, 11) is 0. The fourth-order valence-corrected chi connectivity index (χ4v) is 4.16. The number of hydrogen-bond acceptors (Lipinski definition) is 4. The molecular weight excluding hydrogens is 352 g/mol. The van der Waals surface area contributed by atoms with Crippen LogP contribution in [0.2, 0.25) is 0 Å². The Balaban J connectivity index is 1.62. The lowest BCUT2D eigenvalue weighted by molar-refractivity contribution is 0.0688. The minimum atomic E-state index is -2.33. The van der Waals surface area contributed by atoms with Crippen molar-refractivity contribution in [1.29, 1.82) is 0 Å². The number of alkyl halides is 2. The van der Waals surface area contributed by atoms with Crippen LogP contribution in [-0.2, 0) is 12.8 Å². The summed E-state index contributed by atoms with van der Waals surface area (Å²) in [4.78, 5) is 22.9. The lowest BCUT2D eigenvalue weighted by atomic mass is 9.90. The molecule has 0 aliphatic heterocycles. The van der Waals surface area contributed by atoms with E-state index in [4.69, 9.17) is 5.73 Å². The molecule has 2 aromatic rings. The molecule has 1 saturated carbocycles. The van der Waals surface area contributed by atoms with Crippen LogP contribution in [0.25, 0.3) is 11.4 Å². The third-order valence-electron chi connectivity index (χ3n) is 5.77. The average Bonchev–Trinajstić information content (AvgIpc) is 3.06. The SMILES string of the molecule is NC1CCC(Nc2cc[nH]c(=O)c2-c2nc3c([nH]2)CC(C(F)F)CC3)CC1. The van der Waals surface area contributed by atoms with Gasteiger partial charge in [0.2, 0.25) is 6.43 Å². The molecule has 2 aliphatic rings. The Labute approximate surface area is 156 Å². The Morgan fingerprint density at radius 2 is 2.00 bits per heavy atom. The maximum atomic E-state index is 13.1. The minimum absolute atomic E-state index is 0.246. The number of nitrogens with two attached hydrogens (primary N) is 1. The van der Waals surface area contributed by atoms with Crippen LogP contribution in [0.5, 0.6) is 0 Å². The van der Waals surface area contributed by atoms with Crippen molar-refractivity contribution < 1.29 is 8.78 Å². The Morgan fingerprint density at radius 3 is 2.74 bits per heavy atom. The van der Waals surface area contributed by atoms with Crippen molar-refractivity contribution in [1.82, 2.24) is 15.0 Å². The number of H-pyrrole nitrogens is 2. The summed E-state index contributed by atoms with van der Waals surface area (Å²) < 4.78 is 26.1. The highest BCUT2D eigenvalue weighted by Gasteiger charge is 2.29. The Morgan fingerprint density at radius 1 is 1.22 bits per heavy atom. The van der Waals surface area contributed by atoms with Crippen LogP contribution in [0, 0.1) is 5.92 Å². The number of hydrogen-bond donors (Lipinski definition) is 4. The second-order valence-corrected chi connectivity index (χ2v) is 7.70. The number of nitrogens with one attached hydrogen (secondary N) is 3. The van der Waals surface area contributed by atoms with Crippen molar-refractivity contribution in [3.8, 4) is 11.4 Å². The Hall–Kier alpha value is -2.22. The summed E-state index contributed by atoms with van der Waals surface area (Å²) in [5, 5.41) is 3.46. The number of fused-ring (bicyclic) bond motifs is 1. The third-order valence-corrected chi connectivity index (χ3v) is 5.77. The van der Waals surface area contributed by atoms with E-state index in [0.717, 1.165) is 42.8 Å². The topological polar surface area (TPSA) is 99.6 Å². The largest absolute Gasteiger partial charge is 0.382 e. The standard InChI is InChI=1S/C19H25F2N5O/c20-17(21)10-1-6-13-15(9-10)26-18(25-13)16-14(7-8-23-19(16)27)24-12-4-2-11(22)3-5-12/h7-8,10-12,17H,1-6,9,22H2,(H,25,26)(H2,23,24,27). The molecule has 1 unspecified atom stereocenters. The second-order valence-electron chi connectivity index (χ2n) is 7.70. The quantitative estimate of drug-likeness (QED) is 0.658. The first kappa shape index (κ1) is 18.2. The smallest absolute Gasteiger partial charge is 0.261 e. The van der Waals surface area contributed by atoms with Crippen molar-refractivity contribution in [2.45, 2.75) is 63.5 Å².